The smallest absolute Gasteiger partial charge is 0.126 e. The quantitative estimate of drug-likeness (QED) is 0.524. The first kappa shape index (κ1) is 19.5. The van der Waals surface area contributed by atoms with Gasteiger partial charge in [0.15, 0.2) is 0 Å². The molecule has 1 aliphatic heterocycles. The van der Waals surface area contributed by atoms with Crippen molar-refractivity contribution >= 4 is 17.2 Å². The molecule has 1 aromatic carbocycles. The van der Waals surface area contributed by atoms with E-state index >= 15 is 0 Å². The normalized spacial score (nSPS) is 28.3. The molecule has 1 aromatic rings. The zero-order valence-corrected chi connectivity index (χ0v) is 18.2. The van der Waals surface area contributed by atoms with Crippen LogP contribution in [0, 0.1) is 11.8 Å². The Balaban J connectivity index is 1.94. The number of fused-ring (bicyclic) bond motifs is 4. The van der Waals surface area contributed by atoms with Crippen molar-refractivity contribution in [2.75, 3.05) is 13.0 Å². The van der Waals surface area contributed by atoms with E-state index < -0.39 is 0 Å². The van der Waals surface area contributed by atoms with Crippen molar-refractivity contribution in [1.29, 1.82) is 0 Å². The van der Waals surface area contributed by atoms with E-state index in [1.54, 1.807) is 7.11 Å². The molecule has 0 saturated heterocycles. The average molecular weight is 396 g/mol. The van der Waals surface area contributed by atoms with Gasteiger partial charge in [-0.05, 0) is 56.9 Å². The highest BCUT2D eigenvalue weighted by molar-refractivity contribution is 6.19. The molecule has 3 aliphatic rings. The fraction of sp³-hybridized carbons (Fsp3) is 0.440. The third-order valence-electron chi connectivity index (χ3n) is 6.23. The van der Waals surface area contributed by atoms with E-state index in [0.29, 0.717) is 23.8 Å². The summed E-state index contributed by atoms with van der Waals surface area (Å²) in [7, 11) is 1.77. The van der Waals surface area contributed by atoms with Crippen LogP contribution in [-0.4, -0.2) is 24.6 Å². The number of allylic oxidation sites excluding steroid dienone is 4. The van der Waals surface area contributed by atoms with Gasteiger partial charge in [0, 0.05) is 34.9 Å². The molecule has 2 aliphatic carbocycles. The highest BCUT2D eigenvalue weighted by atomic mass is 35.5. The summed E-state index contributed by atoms with van der Waals surface area (Å²) in [6, 6.07) is 6.74. The number of alkyl halides is 1. The maximum Gasteiger partial charge on any atom is 0.126 e. The molecule has 0 saturated carbocycles. The average Bonchev–Trinajstić information content (AvgIpc) is 2.65. The van der Waals surface area contributed by atoms with Crippen LogP contribution in [-0.2, 0) is 6.42 Å². The standard InChI is InChI=1S/C25H30ClNO/c1-15(14-26)11-18-12-17-7-6-8-21(28-5)23(17)19-9-10-20-22(24(18)19)16(2)13-25(3,4)27-20/h6-11,13,18,20,22,27H,12,14H2,1-5H3/b15-11-. The van der Waals surface area contributed by atoms with Gasteiger partial charge < -0.3 is 10.1 Å². The van der Waals surface area contributed by atoms with E-state index in [0.717, 1.165) is 12.2 Å². The number of rotatable bonds is 3. The zero-order chi connectivity index (χ0) is 20.1. The predicted octanol–water partition coefficient (Wildman–Crippen LogP) is 5.69. The van der Waals surface area contributed by atoms with Crippen LogP contribution >= 0.6 is 11.6 Å². The summed E-state index contributed by atoms with van der Waals surface area (Å²) < 4.78 is 5.76. The maximum absolute atomic E-state index is 6.16. The lowest BCUT2D eigenvalue weighted by Crippen LogP contribution is -2.53. The molecule has 28 heavy (non-hydrogen) atoms. The first-order valence-corrected chi connectivity index (χ1v) is 10.7. The second kappa shape index (κ2) is 7.24. The highest BCUT2D eigenvalue weighted by Crippen LogP contribution is 2.49. The molecular weight excluding hydrogens is 366 g/mol. The van der Waals surface area contributed by atoms with Gasteiger partial charge in [-0.25, -0.2) is 0 Å². The van der Waals surface area contributed by atoms with Crippen molar-refractivity contribution < 1.29 is 4.74 Å². The van der Waals surface area contributed by atoms with Gasteiger partial charge in [-0.15, -0.1) is 11.6 Å². The Hall–Kier alpha value is -1.77. The Labute approximate surface area is 174 Å². The summed E-state index contributed by atoms with van der Waals surface area (Å²) in [5.74, 6) is 2.27. The maximum atomic E-state index is 6.16. The topological polar surface area (TPSA) is 21.3 Å². The number of hydrogen-bond acceptors (Lipinski definition) is 2. The minimum atomic E-state index is 0.00923. The van der Waals surface area contributed by atoms with Gasteiger partial charge in [0.05, 0.1) is 7.11 Å². The lowest BCUT2D eigenvalue weighted by Gasteiger charge is -2.46. The van der Waals surface area contributed by atoms with E-state index in [2.05, 4.69) is 75.5 Å². The zero-order valence-electron chi connectivity index (χ0n) is 17.5. The van der Waals surface area contributed by atoms with Crippen LogP contribution < -0.4 is 10.1 Å². The molecule has 0 spiro atoms. The van der Waals surface area contributed by atoms with Crippen molar-refractivity contribution in [1.82, 2.24) is 5.32 Å². The Morgan fingerprint density at radius 2 is 2.14 bits per heavy atom. The summed E-state index contributed by atoms with van der Waals surface area (Å²) in [6.45, 7) is 8.92. The number of ether oxygens (including phenoxy) is 1. The molecule has 3 atom stereocenters. The molecule has 0 amide bonds. The van der Waals surface area contributed by atoms with Gasteiger partial charge in [-0.3, -0.25) is 0 Å². The number of benzene rings is 1. The van der Waals surface area contributed by atoms with Crippen molar-refractivity contribution in [3.63, 3.8) is 0 Å². The molecule has 3 unspecified atom stereocenters. The lowest BCUT2D eigenvalue weighted by atomic mass is 9.65. The predicted molar refractivity (Wildman–Crippen MR) is 119 cm³/mol. The molecule has 0 bridgehead atoms. The van der Waals surface area contributed by atoms with Gasteiger partial charge >= 0.3 is 0 Å². The Morgan fingerprint density at radius 3 is 2.86 bits per heavy atom. The second-order valence-corrected chi connectivity index (χ2v) is 9.20. The van der Waals surface area contributed by atoms with Crippen molar-refractivity contribution in [3.05, 3.63) is 70.3 Å². The minimum Gasteiger partial charge on any atom is -0.496 e. The molecule has 148 valence electrons. The van der Waals surface area contributed by atoms with Crippen LogP contribution in [0.3, 0.4) is 0 Å². The molecule has 1 N–H and O–H groups in total. The first-order valence-electron chi connectivity index (χ1n) is 10.1. The Bertz CT molecular complexity index is 918. The summed E-state index contributed by atoms with van der Waals surface area (Å²) >= 11 is 6.16. The molecule has 2 nitrogen and oxygen atoms in total. The van der Waals surface area contributed by atoms with Gasteiger partial charge in [0.25, 0.3) is 0 Å². The van der Waals surface area contributed by atoms with E-state index in [1.165, 1.54) is 33.4 Å². The van der Waals surface area contributed by atoms with Crippen LogP contribution in [0.15, 0.2) is 59.2 Å². The van der Waals surface area contributed by atoms with E-state index in [4.69, 9.17) is 16.3 Å². The number of hydrogen-bond donors (Lipinski definition) is 1. The van der Waals surface area contributed by atoms with Gasteiger partial charge in [0.2, 0.25) is 0 Å². The van der Waals surface area contributed by atoms with Crippen LogP contribution in [0.5, 0.6) is 5.75 Å². The van der Waals surface area contributed by atoms with Crippen LogP contribution in [0.25, 0.3) is 5.57 Å². The fourth-order valence-electron chi connectivity index (χ4n) is 5.32. The van der Waals surface area contributed by atoms with Crippen molar-refractivity contribution in [2.45, 2.75) is 45.7 Å². The molecule has 0 fully saturated rings. The van der Waals surface area contributed by atoms with Crippen LogP contribution in [0.4, 0.5) is 0 Å². The SMILES string of the molecule is COc1cccc2c1C1=C(C(/C=C(/C)CCl)C2)C2C(C)=CC(C)(C)NC2C=C1. The summed E-state index contributed by atoms with van der Waals surface area (Å²) in [4.78, 5) is 0. The molecule has 0 radical (unpaired) electrons. The third kappa shape index (κ3) is 3.27. The molecule has 4 rings (SSSR count). The van der Waals surface area contributed by atoms with Gasteiger partial charge in [-0.2, -0.15) is 0 Å². The minimum absolute atomic E-state index is 0.00923. The van der Waals surface area contributed by atoms with Crippen molar-refractivity contribution in [2.24, 2.45) is 11.8 Å². The van der Waals surface area contributed by atoms with Crippen LogP contribution in [0.2, 0.25) is 0 Å². The molecule has 3 heteroatoms. The molecular formula is C25H30ClNO. The second-order valence-electron chi connectivity index (χ2n) is 8.94. The fourth-order valence-corrected chi connectivity index (χ4v) is 5.41. The van der Waals surface area contributed by atoms with Crippen molar-refractivity contribution in [3.8, 4) is 5.75 Å². The summed E-state index contributed by atoms with van der Waals surface area (Å²) in [6.07, 6.45) is 10.4. The van der Waals surface area contributed by atoms with Gasteiger partial charge in [0.1, 0.15) is 5.75 Å². The number of methoxy groups -OCH3 is 1. The highest BCUT2D eigenvalue weighted by Gasteiger charge is 2.41. The third-order valence-corrected chi connectivity index (χ3v) is 6.65. The Morgan fingerprint density at radius 1 is 1.36 bits per heavy atom. The number of nitrogens with one attached hydrogen (secondary N) is 1. The monoisotopic (exact) mass is 395 g/mol. The van der Waals surface area contributed by atoms with Crippen LogP contribution in [0.1, 0.15) is 38.8 Å². The lowest BCUT2D eigenvalue weighted by molar-refractivity contribution is 0.347. The largest absolute Gasteiger partial charge is 0.496 e. The Kier molecular flexibility index (Phi) is 5.05. The summed E-state index contributed by atoms with van der Waals surface area (Å²) in [5, 5.41) is 3.82. The van der Waals surface area contributed by atoms with E-state index in [1.807, 2.05) is 0 Å². The molecule has 1 heterocycles. The number of halogens is 1. The van der Waals surface area contributed by atoms with Gasteiger partial charge in [-0.1, -0.05) is 47.6 Å². The first-order chi connectivity index (χ1) is 13.3. The summed E-state index contributed by atoms with van der Waals surface area (Å²) in [5.41, 5.74) is 8.15. The molecule has 0 aromatic heterocycles. The van der Waals surface area contributed by atoms with E-state index in [-0.39, 0.29) is 5.54 Å². The van der Waals surface area contributed by atoms with E-state index in [9.17, 15) is 0 Å².